The fourth-order valence-electron chi connectivity index (χ4n) is 2.44. The lowest BCUT2D eigenvalue weighted by molar-refractivity contribution is 0.303. The third-order valence-corrected chi connectivity index (χ3v) is 4.11. The maximum absolute atomic E-state index is 5.98. The SMILES string of the molecule is COc1ccc(NCc2ccccc2OCc2ccc(Cl)cc2)cc1. The Morgan fingerprint density at radius 3 is 2.32 bits per heavy atom. The van der Waals surface area contributed by atoms with Crippen LogP contribution in [0.4, 0.5) is 5.69 Å². The summed E-state index contributed by atoms with van der Waals surface area (Å²) in [6, 6.07) is 23.6. The first kappa shape index (κ1) is 17.2. The molecule has 0 aromatic heterocycles. The third-order valence-electron chi connectivity index (χ3n) is 3.85. The zero-order valence-electron chi connectivity index (χ0n) is 14.0. The standard InChI is InChI=1S/C21H20ClNO2/c1-24-20-12-10-19(11-13-20)23-14-17-4-2-3-5-21(17)25-15-16-6-8-18(22)9-7-16/h2-13,23H,14-15H2,1H3. The van der Waals surface area contributed by atoms with Gasteiger partial charge >= 0.3 is 0 Å². The average molecular weight is 354 g/mol. The van der Waals surface area contributed by atoms with Crippen LogP contribution in [-0.4, -0.2) is 7.11 Å². The van der Waals surface area contributed by atoms with Gasteiger partial charge in [0.15, 0.2) is 0 Å². The molecule has 128 valence electrons. The number of ether oxygens (including phenoxy) is 2. The zero-order valence-corrected chi connectivity index (χ0v) is 14.8. The number of anilines is 1. The summed E-state index contributed by atoms with van der Waals surface area (Å²) in [5.74, 6) is 1.72. The van der Waals surface area contributed by atoms with Gasteiger partial charge in [-0.15, -0.1) is 0 Å². The van der Waals surface area contributed by atoms with E-state index in [1.165, 1.54) is 0 Å². The fraction of sp³-hybridized carbons (Fsp3) is 0.143. The summed E-state index contributed by atoms with van der Waals surface area (Å²) in [5, 5.41) is 4.13. The monoisotopic (exact) mass is 353 g/mol. The van der Waals surface area contributed by atoms with Crippen molar-refractivity contribution >= 4 is 17.3 Å². The van der Waals surface area contributed by atoms with Gasteiger partial charge in [-0.3, -0.25) is 0 Å². The van der Waals surface area contributed by atoms with Crippen molar-refractivity contribution in [2.75, 3.05) is 12.4 Å². The lowest BCUT2D eigenvalue weighted by Gasteiger charge is -2.13. The van der Waals surface area contributed by atoms with Gasteiger partial charge in [-0.2, -0.15) is 0 Å². The summed E-state index contributed by atoms with van der Waals surface area (Å²) >= 11 is 5.92. The largest absolute Gasteiger partial charge is 0.497 e. The molecule has 0 aliphatic rings. The van der Waals surface area contributed by atoms with E-state index in [0.29, 0.717) is 13.2 Å². The summed E-state index contributed by atoms with van der Waals surface area (Å²) in [6.07, 6.45) is 0. The maximum Gasteiger partial charge on any atom is 0.124 e. The number of hydrogen-bond acceptors (Lipinski definition) is 3. The molecule has 3 nitrogen and oxygen atoms in total. The van der Waals surface area contributed by atoms with Crippen molar-refractivity contribution in [2.24, 2.45) is 0 Å². The Morgan fingerprint density at radius 1 is 0.880 bits per heavy atom. The molecular formula is C21H20ClNO2. The Morgan fingerprint density at radius 2 is 1.60 bits per heavy atom. The highest BCUT2D eigenvalue weighted by Gasteiger charge is 2.04. The van der Waals surface area contributed by atoms with Gasteiger partial charge in [0.2, 0.25) is 0 Å². The van der Waals surface area contributed by atoms with Crippen LogP contribution in [0.2, 0.25) is 5.02 Å². The molecule has 3 aromatic rings. The Hall–Kier alpha value is -2.65. The maximum atomic E-state index is 5.98. The summed E-state index contributed by atoms with van der Waals surface area (Å²) in [6.45, 7) is 1.19. The van der Waals surface area contributed by atoms with E-state index >= 15 is 0 Å². The van der Waals surface area contributed by atoms with Crippen molar-refractivity contribution in [3.63, 3.8) is 0 Å². The van der Waals surface area contributed by atoms with E-state index in [4.69, 9.17) is 21.1 Å². The minimum atomic E-state index is 0.511. The van der Waals surface area contributed by atoms with E-state index in [9.17, 15) is 0 Å². The molecule has 0 aliphatic heterocycles. The van der Waals surface area contributed by atoms with Gasteiger partial charge in [-0.1, -0.05) is 41.9 Å². The minimum absolute atomic E-state index is 0.511. The van der Waals surface area contributed by atoms with Gasteiger partial charge in [-0.25, -0.2) is 0 Å². The van der Waals surface area contributed by atoms with Crippen LogP contribution in [0.25, 0.3) is 0 Å². The number of halogens is 1. The molecule has 25 heavy (non-hydrogen) atoms. The molecule has 3 rings (SSSR count). The zero-order chi connectivity index (χ0) is 17.5. The van der Waals surface area contributed by atoms with Crippen molar-refractivity contribution in [2.45, 2.75) is 13.2 Å². The molecule has 3 aromatic carbocycles. The van der Waals surface area contributed by atoms with E-state index in [1.807, 2.05) is 66.7 Å². The highest BCUT2D eigenvalue weighted by molar-refractivity contribution is 6.30. The molecule has 0 atom stereocenters. The Kier molecular flexibility index (Phi) is 5.81. The molecule has 0 saturated carbocycles. The third kappa shape index (κ3) is 4.91. The van der Waals surface area contributed by atoms with Gasteiger partial charge in [0.25, 0.3) is 0 Å². The van der Waals surface area contributed by atoms with E-state index < -0.39 is 0 Å². The number of nitrogens with one attached hydrogen (secondary N) is 1. The second-order valence-corrected chi connectivity index (χ2v) is 6.04. The van der Waals surface area contributed by atoms with Crippen LogP contribution in [0.15, 0.2) is 72.8 Å². The summed E-state index contributed by atoms with van der Waals surface area (Å²) in [7, 11) is 1.66. The van der Waals surface area contributed by atoms with Gasteiger partial charge in [0, 0.05) is 22.8 Å². The molecule has 0 unspecified atom stereocenters. The molecule has 1 N–H and O–H groups in total. The van der Waals surface area contributed by atoms with Crippen LogP contribution in [0, 0.1) is 0 Å². The number of hydrogen-bond donors (Lipinski definition) is 1. The van der Waals surface area contributed by atoms with Crippen molar-refractivity contribution < 1.29 is 9.47 Å². The molecular weight excluding hydrogens is 334 g/mol. The lowest BCUT2D eigenvalue weighted by Crippen LogP contribution is -2.03. The van der Waals surface area contributed by atoms with E-state index in [1.54, 1.807) is 7.11 Å². The van der Waals surface area contributed by atoms with Crippen LogP contribution in [0.3, 0.4) is 0 Å². The minimum Gasteiger partial charge on any atom is -0.497 e. The highest BCUT2D eigenvalue weighted by Crippen LogP contribution is 2.22. The smallest absolute Gasteiger partial charge is 0.124 e. The molecule has 0 spiro atoms. The Balaban J connectivity index is 1.62. The van der Waals surface area contributed by atoms with E-state index in [2.05, 4.69) is 11.4 Å². The van der Waals surface area contributed by atoms with Gasteiger partial charge in [0.1, 0.15) is 18.1 Å². The van der Waals surface area contributed by atoms with Gasteiger partial charge in [0.05, 0.1) is 7.11 Å². The molecule has 0 heterocycles. The molecule has 0 radical (unpaired) electrons. The Labute approximate surface area is 153 Å². The van der Waals surface area contributed by atoms with Crippen molar-refractivity contribution in [1.29, 1.82) is 0 Å². The fourth-order valence-corrected chi connectivity index (χ4v) is 2.56. The molecule has 0 fully saturated rings. The molecule has 0 aliphatic carbocycles. The molecule has 0 amide bonds. The topological polar surface area (TPSA) is 30.5 Å². The Bertz CT molecular complexity index is 801. The van der Waals surface area contributed by atoms with Crippen molar-refractivity contribution in [1.82, 2.24) is 0 Å². The van der Waals surface area contributed by atoms with E-state index in [0.717, 1.165) is 33.3 Å². The quantitative estimate of drug-likeness (QED) is 0.605. The highest BCUT2D eigenvalue weighted by atomic mass is 35.5. The first-order valence-corrected chi connectivity index (χ1v) is 8.45. The number of rotatable bonds is 7. The van der Waals surface area contributed by atoms with Crippen LogP contribution in [0.5, 0.6) is 11.5 Å². The van der Waals surface area contributed by atoms with Crippen LogP contribution in [-0.2, 0) is 13.2 Å². The van der Waals surface area contributed by atoms with Crippen LogP contribution < -0.4 is 14.8 Å². The normalized spacial score (nSPS) is 10.3. The van der Waals surface area contributed by atoms with Gasteiger partial charge in [-0.05, 0) is 48.0 Å². The first-order valence-electron chi connectivity index (χ1n) is 8.07. The molecule has 0 saturated heterocycles. The summed E-state index contributed by atoms with van der Waals surface area (Å²) < 4.78 is 11.2. The number of methoxy groups -OCH3 is 1. The van der Waals surface area contributed by atoms with Crippen LogP contribution in [0.1, 0.15) is 11.1 Å². The molecule has 0 bridgehead atoms. The van der Waals surface area contributed by atoms with Crippen LogP contribution >= 0.6 is 11.6 Å². The lowest BCUT2D eigenvalue weighted by atomic mass is 10.2. The predicted octanol–water partition coefficient (Wildman–Crippen LogP) is 5.54. The average Bonchev–Trinajstić information content (AvgIpc) is 2.67. The number of para-hydroxylation sites is 1. The van der Waals surface area contributed by atoms with Crippen molar-refractivity contribution in [3.05, 3.63) is 88.9 Å². The number of benzene rings is 3. The second-order valence-electron chi connectivity index (χ2n) is 5.60. The van der Waals surface area contributed by atoms with Gasteiger partial charge < -0.3 is 14.8 Å². The van der Waals surface area contributed by atoms with Crippen molar-refractivity contribution in [3.8, 4) is 11.5 Å². The first-order chi connectivity index (χ1) is 12.2. The predicted molar refractivity (Wildman–Crippen MR) is 103 cm³/mol. The molecule has 4 heteroatoms. The summed E-state index contributed by atoms with van der Waals surface area (Å²) in [5.41, 5.74) is 3.22. The van der Waals surface area contributed by atoms with E-state index in [-0.39, 0.29) is 0 Å². The second kappa shape index (κ2) is 8.45. The summed E-state index contributed by atoms with van der Waals surface area (Å²) in [4.78, 5) is 0.